The fourth-order valence-corrected chi connectivity index (χ4v) is 2.48. The number of hydrogen-bond donors (Lipinski definition) is 0. The Labute approximate surface area is 132 Å². The quantitative estimate of drug-likeness (QED) is 0.692. The van der Waals surface area contributed by atoms with Gasteiger partial charge in [-0.25, -0.2) is 9.97 Å². The summed E-state index contributed by atoms with van der Waals surface area (Å²) in [6, 6.07) is 13.1. The molecule has 2 aromatic carbocycles. The van der Waals surface area contributed by atoms with Crippen molar-refractivity contribution in [3.8, 4) is 11.4 Å². The molecule has 0 N–H and O–H groups in total. The first kappa shape index (κ1) is 14.5. The highest BCUT2D eigenvalue weighted by Crippen LogP contribution is 2.26. The van der Waals surface area contributed by atoms with Crippen LogP contribution in [0.3, 0.4) is 0 Å². The van der Waals surface area contributed by atoms with Gasteiger partial charge in [-0.2, -0.15) is 0 Å². The van der Waals surface area contributed by atoms with Gasteiger partial charge in [0.15, 0.2) is 5.82 Å². The van der Waals surface area contributed by atoms with Crippen LogP contribution in [0.25, 0.3) is 22.3 Å². The zero-order chi connectivity index (χ0) is 15.5. The maximum absolute atomic E-state index is 11.5. The second-order valence-corrected chi connectivity index (χ2v) is 5.19. The summed E-state index contributed by atoms with van der Waals surface area (Å²) in [5.74, 6) is 0.237. The van der Waals surface area contributed by atoms with Gasteiger partial charge in [-0.1, -0.05) is 41.9 Å². The number of ether oxygens (including phenoxy) is 1. The van der Waals surface area contributed by atoms with E-state index in [4.69, 9.17) is 16.3 Å². The van der Waals surface area contributed by atoms with E-state index in [2.05, 4.69) is 9.97 Å². The summed E-state index contributed by atoms with van der Waals surface area (Å²) in [6.07, 6.45) is 1.91. The van der Waals surface area contributed by atoms with Crippen LogP contribution in [0.4, 0.5) is 0 Å². The van der Waals surface area contributed by atoms with Crippen LogP contribution < -0.4 is 0 Å². The third kappa shape index (κ3) is 2.78. The number of fused-ring (bicyclic) bond motifs is 1. The van der Waals surface area contributed by atoms with Crippen molar-refractivity contribution in [3.63, 3.8) is 0 Å². The van der Waals surface area contributed by atoms with E-state index in [0.717, 1.165) is 22.0 Å². The predicted octanol–water partition coefficient (Wildman–Crippen LogP) is 3.67. The van der Waals surface area contributed by atoms with Crippen LogP contribution in [-0.2, 0) is 16.0 Å². The largest absolute Gasteiger partial charge is 0.469 e. The Balaban J connectivity index is 2.14. The van der Waals surface area contributed by atoms with Gasteiger partial charge >= 0.3 is 5.97 Å². The molecular weight excluding hydrogens is 300 g/mol. The van der Waals surface area contributed by atoms with Crippen LogP contribution >= 0.6 is 11.6 Å². The summed E-state index contributed by atoms with van der Waals surface area (Å²) in [4.78, 5) is 20.5. The van der Waals surface area contributed by atoms with Crippen LogP contribution in [0.5, 0.6) is 0 Å². The van der Waals surface area contributed by atoms with E-state index in [-0.39, 0.29) is 12.4 Å². The summed E-state index contributed by atoms with van der Waals surface area (Å²) in [6.45, 7) is 0. The van der Waals surface area contributed by atoms with E-state index in [1.165, 1.54) is 7.11 Å². The van der Waals surface area contributed by atoms with Gasteiger partial charge in [-0.3, -0.25) is 4.79 Å². The van der Waals surface area contributed by atoms with E-state index in [9.17, 15) is 4.79 Å². The van der Waals surface area contributed by atoms with Crippen molar-refractivity contribution < 1.29 is 9.53 Å². The van der Waals surface area contributed by atoms with Crippen molar-refractivity contribution in [2.24, 2.45) is 0 Å². The zero-order valence-electron chi connectivity index (χ0n) is 11.9. The molecule has 0 unspecified atom stereocenters. The van der Waals surface area contributed by atoms with E-state index in [0.29, 0.717) is 10.8 Å². The minimum absolute atomic E-state index is 0.173. The van der Waals surface area contributed by atoms with Crippen LogP contribution in [-0.4, -0.2) is 23.0 Å². The number of halogens is 1. The number of carbonyl (C=O) groups is 1. The molecule has 0 aliphatic carbocycles. The lowest BCUT2D eigenvalue weighted by molar-refractivity contribution is -0.139. The van der Waals surface area contributed by atoms with Gasteiger partial charge < -0.3 is 4.74 Å². The summed E-state index contributed by atoms with van der Waals surface area (Å²) in [7, 11) is 1.37. The zero-order valence-corrected chi connectivity index (χ0v) is 12.7. The second-order valence-electron chi connectivity index (χ2n) is 4.78. The van der Waals surface area contributed by atoms with E-state index in [1.54, 1.807) is 12.3 Å². The molecule has 0 aliphatic heterocycles. The molecule has 5 heteroatoms. The highest BCUT2D eigenvalue weighted by atomic mass is 35.5. The molecule has 22 heavy (non-hydrogen) atoms. The van der Waals surface area contributed by atoms with Crippen molar-refractivity contribution in [1.29, 1.82) is 0 Å². The molecule has 3 rings (SSSR count). The smallest absolute Gasteiger partial charge is 0.310 e. The SMILES string of the molecule is COC(=O)Cc1cccc2cnc(-c3ccccc3Cl)nc12. The Kier molecular flexibility index (Phi) is 4.02. The molecular formula is C17H13ClN2O2. The Bertz CT molecular complexity index is 849. The molecule has 1 heterocycles. The minimum Gasteiger partial charge on any atom is -0.469 e. The maximum atomic E-state index is 11.5. The minimum atomic E-state index is -0.301. The van der Waals surface area contributed by atoms with E-state index >= 15 is 0 Å². The molecule has 0 bridgehead atoms. The van der Waals surface area contributed by atoms with Gasteiger partial charge in [0.2, 0.25) is 0 Å². The molecule has 1 aromatic heterocycles. The van der Waals surface area contributed by atoms with Gasteiger partial charge in [0.1, 0.15) is 0 Å². The van der Waals surface area contributed by atoms with Gasteiger partial charge in [0, 0.05) is 17.1 Å². The molecule has 0 saturated carbocycles. The molecule has 110 valence electrons. The lowest BCUT2D eigenvalue weighted by Gasteiger charge is -2.07. The highest BCUT2D eigenvalue weighted by Gasteiger charge is 2.11. The fourth-order valence-electron chi connectivity index (χ4n) is 2.26. The summed E-state index contributed by atoms with van der Waals surface area (Å²) in [5, 5.41) is 1.46. The molecule has 0 amide bonds. The van der Waals surface area contributed by atoms with E-state index < -0.39 is 0 Å². The number of para-hydroxylation sites is 1. The van der Waals surface area contributed by atoms with Gasteiger partial charge in [0.05, 0.1) is 24.1 Å². The Morgan fingerprint density at radius 3 is 2.77 bits per heavy atom. The number of esters is 1. The summed E-state index contributed by atoms with van der Waals surface area (Å²) >= 11 is 6.20. The average Bonchev–Trinajstić information content (AvgIpc) is 2.55. The third-order valence-corrected chi connectivity index (χ3v) is 3.70. The first-order valence-corrected chi connectivity index (χ1v) is 7.13. The lowest BCUT2D eigenvalue weighted by atomic mass is 10.1. The van der Waals surface area contributed by atoms with Crippen LogP contribution in [0, 0.1) is 0 Å². The van der Waals surface area contributed by atoms with Crippen molar-refractivity contribution in [3.05, 3.63) is 59.2 Å². The summed E-state index contributed by atoms with van der Waals surface area (Å²) < 4.78 is 4.73. The molecule has 0 saturated heterocycles. The predicted molar refractivity (Wildman–Crippen MR) is 85.7 cm³/mol. The number of aromatic nitrogens is 2. The number of benzene rings is 2. The third-order valence-electron chi connectivity index (χ3n) is 3.37. The van der Waals surface area contributed by atoms with E-state index in [1.807, 2.05) is 36.4 Å². The van der Waals surface area contributed by atoms with Crippen molar-refractivity contribution >= 4 is 28.5 Å². The lowest BCUT2D eigenvalue weighted by Crippen LogP contribution is -2.05. The standard InChI is InChI=1S/C17H13ClN2O2/c1-22-15(21)9-11-5-4-6-12-10-19-17(20-16(11)12)13-7-2-3-8-14(13)18/h2-8,10H,9H2,1H3. The number of rotatable bonds is 3. The molecule has 4 nitrogen and oxygen atoms in total. The number of carbonyl (C=O) groups excluding carboxylic acids is 1. The number of hydrogen-bond acceptors (Lipinski definition) is 4. The normalized spacial score (nSPS) is 10.6. The average molecular weight is 313 g/mol. The number of nitrogens with zero attached hydrogens (tertiary/aromatic N) is 2. The van der Waals surface area contributed by atoms with Crippen LogP contribution in [0.1, 0.15) is 5.56 Å². The molecule has 0 atom stereocenters. The first-order chi connectivity index (χ1) is 10.7. The molecule has 0 radical (unpaired) electrons. The van der Waals surface area contributed by atoms with Crippen LogP contribution in [0.2, 0.25) is 5.02 Å². The first-order valence-electron chi connectivity index (χ1n) is 6.75. The summed E-state index contributed by atoms with van der Waals surface area (Å²) in [5.41, 5.74) is 2.30. The Morgan fingerprint density at radius 2 is 2.00 bits per heavy atom. The maximum Gasteiger partial charge on any atom is 0.310 e. The Hall–Kier alpha value is -2.46. The fraction of sp³-hybridized carbons (Fsp3) is 0.118. The van der Waals surface area contributed by atoms with Crippen LogP contribution in [0.15, 0.2) is 48.7 Å². The highest BCUT2D eigenvalue weighted by molar-refractivity contribution is 6.33. The molecule has 3 aromatic rings. The van der Waals surface area contributed by atoms with Gasteiger partial charge in [-0.15, -0.1) is 0 Å². The molecule has 0 aliphatic rings. The van der Waals surface area contributed by atoms with Gasteiger partial charge in [-0.05, 0) is 17.7 Å². The topological polar surface area (TPSA) is 52.1 Å². The monoisotopic (exact) mass is 312 g/mol. The number of methoxy groups -OCH3 is 1. The van der Waals surface area contributed by atoms with Crippen molar-refractivity contribution in [1.82, 2.24) is 9.97 Å². The van der Waals surface area contributed by atoms with Crippen molar-refractivity contribution in [2.75, 3.05) is 7.11 Å². The molecule has 0 fully saturated rings. The Morgan fingerprint density at radius 1 is 1.18 bits per heavy atom. The van der Waals surface area contributed by atoms with Crippen molar-refractivity contribution in [2.45, 2.75) is 6.42 Å². The second kappa shape index (κ2) is 6.12. The molecule has 0 spiro atoms. The van der Waals surface area contributed by atoms with Gasteiger partial charge in [0.25, 0.3) is 0 Å².